The Morgan fingerprint density at radius 2 is 2.10 bits per heavy atom. The maximum Gasteiger partial charge on any atom is 0.197 e. The van der Waals surface area contributed by atoms with Crippen LogP contribution in [0.1, 0.15) is 17.5 Å². The molecule has 3 aromatic rings. The summed E-state index contributed by atoms with van der Waals surface area (Å²) in [6.07, 6.45) is 0.680. The van der Waals surface area contributed by atoms with Gasteiger partial charge in [0.15, 0.2) is 11.5 Å². The van der Waals surface area contributed by atoms with E-state index in [-0.39, 0.29) is 6.04 Å². The van der Waals surface area contributed by atoms with E-state index in [1.807, 2.05) is 49.5 Å². The molecule has 0 spiro atoms. The van der Waals surface area contributed by atoms with Crippen molar-refractivity contribution in [2.75, 3.05) is 7.05 Å². The first-order valence-electron chi connectivity index (χ1n) is 6.64. The molecule has 0 bridgehead atoms. The molecule has 108 valence electrons. The molecule has 0 saturated carbocycles. The Morgan fingerprint density at radius 3 is 2.81 bits per heavy atom. The molecule has 5 heteroatoms. The van der Waals surface area contributed by atoms with Crippen LogP contribution >= 0.6 is 27.5 Å². The second-order valence-corrected chi connectivity index (χ2v) is 6.06. The summed E-state index contributed by atoms with van der Waals surface area (Å²) in [5, 5.41) is 4.00. The topological polar surface area (TPSA) is 38.1 Å². The Labute approximate surface area is 136 Å². The van der Waals surface area contributed by atoms with Crippen molar-refractivity contribution in [3.8, 4) is 0 Å². The molecule has 0 saturated heterocycles. The molecule has 21 heavy (non-hydrogen) atoms. The molecular formula is C16H14BrClN2O. The molecule has 1 aromatic heterocycles. The molecule has 0 aliphatic carbocycles. The van der Waals surface area contributed by atoms with Gasteiger partial charge in [0.25, 0.3) is 0 Å². The summed E-state index contributed by atoms with van der Waals surface area (Å²) in [5.74, 6) is 0.724. The smallest absolute Gasteiger partial charge is 0.197 e. The summed E-state index contributed by atoms with van der Waals surface area (Å²) >= 11 is 9.50. The lowest BCUT2D eigenvalue weighted by atomic mass is 10.0. The average molecular weight is 366 g/mol. The zero-order valence-corrected chi connectivity index (χ0v) is 13.8. The number of benzene rings is 2. The zero-order chi connectivity index (χ0) is 14.8. The fraction of sp³-hybridized carbons (Fsp3) is 0.188. The Bertz CT molecular complexity index is 739. The third kappa shape index (κ3) is 3.12. The number of hydrogen-bond donors (Lipinski definition) is 1. The molecule has 0 aliphatic rings. The molecule has 0 radical (unpaired) electrons. The Kier molecular flexibility index (Phi) is 4.29. The first-order valence-corrected chi connectivity index (χ1v) is 7.81. The third-order valence-corrected chi connectivity index (χ3v) is 4.63. The summed E-state index contributed by atoms with van der Waals surface area (Å²) in [6.45, 7) is 0. The van der Waals surface area contributed by atoms with Crippen molar-refractivity contribution >= 4 is 38.6 Å². The van der Waals surface area contributed by atoms with Gasteiger partial charge in [-0.05, 0) is 52.8 Å². The molecule has 0 amide bonds. The molecular weight excluding hydrogens is 352 g/mol. The van der Waals surface area contributed by atoms with Crippen LogP contribution in [-0.2, 0) is 6.42 Å². The van der Waals surface area contributed by atoms with Gasteiger partial charge in [-0.1, -0.05) is 29.8 Å². The van der Waals surface area contributed by atoms with Crippen LogP contribution in [0.15, 0.2) is 51.4 Å². The second-order valence-electron chi connectivity index (χ2n) is 4.79. The molecule has 0 aliphatic heterocycles. The monoisotopic (exact) mass is 364 g/mol. The maximum absolute atomic E-state index is 6.04. The molecule has 0 fully saturated rings. The van der Waals surface area contributed by atoms with Crippen molar-refractivity contribution in [1.82, 2.24) is 10.3 Å². The van der Waals surface area contributed by atoms with Gasteiger partial charge in [0.2, 0.25) is 0 Å². The molecule has 1 heterocycles. The van der Waals surface area contributed by atoms with Crippen LogP contribution in [0, 0.1) is 0 Å². The third-order valence-electron chi connectivity index (χ3n) is 3.41. The number of hydrogen-bond acceptors (Lipinski definition) is 3. The Hall–Kier alpha value is -1.36. The summed E-state index contributed by atoms with van der Waals surface area (Å²) in [4.78, 5) is 4.52. The fourth-order valence-corrected chi connectivity index (χ4v) is 2.81. The van der Waals surface area contributed by atoms with Crippen molar-refractivity contribution in [2.45, 2.75) is 12.5 Å². The quantitative estimate of drug-likeness (QED) is 0.725. The van der Waals surface area contributed by atoms with E-state index < -0.39 is 0 Å². The zero-order valence-electron chi connectivity index (χ0n) is 11.4. The highest BCUT2D eigenvalue weighted by atomic mass is 79.9. The number of halogens is 2. The molecule has 1 unspecified atom stereocenters. The van der Waals surface area contributed by atoms with Gasteiger partial charge < -0.3 is 9.73 Å². The van der Waals surface area contributed by atoms with Crippen LogP contribution in [0.2, 0.25) is 5.02 Å². The minimum atomic E-state index is 0.117. The summed E-state index contributed by atoms with van der Waals surface area (Å²) in [5.41, 5.74) is 2.84. The van der Waals surface area contributed by atoms with Gasteiger partial charge in [-0.3, -0.25) is 0 Å². The number of oxazole rings is 1. The van der Waals surface area contributed by atoms with E-state index in [0.717, 1.165) is 27.0 Å². The van der Waals surface area contributed by atoms with E-state index in [2.05, 4.69) is 26.2 Å². The van der Waals surface area contributed by atoms with Crippen molar-refractivity contribution in [1.29, 1.82) is 0 Å². The van der Waals surface area contributed by atoms with Crippen molar-refractivity contribution < 1.29 is 4.42 Å². The number of fused-ring (bicyclic) bond motifs is 1. The lowest BCUT2D eigenvalue weighted by Crippen LogP contribution is -2.19. The Balaban J connectivity index is 1.88. The van der Waals surface area contributed by atoms with Crippen molar-refractivity contribution in [3.05, 3.63) is 63.4 Å². The largest absolute Gasteiger partial charge is 0.441 e. The lowest BCUT2D eigenvalue weighted by molar-refractivity contribution is 0.474. The number of likely N-dealkylation sites (N-methyl/N-ethyl adjacent to an activating group) is 1. The van der Waals surface area contributed by atoms with E-state index in [9.17, 15) is 0 Å². The molecule has 1 N–H and O–H groups in total. The average Bonchev–Trinajstić information content (AvgIpc) is 2.90. The fourth-order valence-electron chi connectivity index (χ4n) is 2.30. The summed E-state index contributed by atoms with van der Waals surface area (Å²) < 4.78 is 6.68. The van der Waals surface area contributed by atoms with E-state index in [4.69, 9.17) is 16.0 Å². The van der Waals surface area contributed by atoms with Crippen LogP contribution in [0.5, 0.6) is 0 Å². The van der Waals surface area contributed by atoms with E-state index >= 15 is 0 Å². The predicted octanol–water partition coefficient (Wildman–Crippen LogP) is 4.75. The van der Waals surface area contributed by atoms with Gasteiger partial charge in [0.05, 0.1) is 5.02 Å². The number of para-hydroxylation sites is 2. The van der Waals surface area contributed by atoms with Gasteiger partial charge in [0, 0.05) is 16.9 Å². The van der Waals surface area contributed by atoms with Crippen LogP contribution < -0.4 is 5.32 Å². The van der Waals surface area contributed by atoms with Crippen molar-refractivity contribution in [2.24, 2.45) is 0 Å². The number of aromatic nitrogens is 1. The molecule has 3 rings (SSSR count). The lowest BCUT2D eigenvalue weighted by Gasteiger charge is -2.15. The van der Waals surface area contributed by atoms with Crippen LogP contribution in [0.4, 0.5) is 0 Å². The normalized spacial score (nSPS) is 12.7. The minimum absolute atomic E-state index is 0.117. The second kappa shape index (κ2) is 6.18. The first-order chi connectivity index (χ1) is 10.2. The standard InChI is InChI=1S/C16H14BrClN2O/c1-19-14(10-6-7-12(18)11(17)8-10)9-16-20-13-4-2-3-5-15(13)21-16/h2-8,14,19H,9H2,1H3. The highest BCUT2D eigenvalue weighted by Crippen LogP contribution is 2.28. The van der Waals surface area contributed by atoms with Gasteiger partial charge >= 0.3 is 0 Å². The predicted molar refractivity (Wildman–Crippen MR) is 88.7 cm³/mol. The Morgan fingerprint density at radius 1 is 1.29 bits per heavy atom. The van der Waals surface area contributed by atoms with Crippen LogP contribution in [0.3, 0.4) is 0 Å². The van der Waals surface area contributed by atoms with Gasteiger partial charge in [-0.15, -0.1) is 0 Å². The number of nitrogens with one attached hydrogen (secondary N) is 1. The van der Waals surface area contributed by atoms with Gasteiger partial charge in [0.1, 0.15) is 5.52 Å². The molecule has 2 aromatic carbocycles. The molecule has 3 nitrogen and oxygen atoms in total. The van der Waals surface area contributed by atoms with E-state index in [0.29, 0.717) is 11.4 Å². The summed E-state index contributed by atoms with van der Waals surface area (Å²) in [6, 6.07) is 13.8. The van der Waals surface area contributed by atoms with Crippen LogP contribution in [0.25, 0.3) is 11.1 Å². The minimum Gasteiger partial charge on any atom is -0.441 e. The SMILES string of the molecule is CNC(Cc1nc2ccccc2o1)c1ccc(Cl)c(Br)c1. The van der Waals surface area contributed by atoms with Crippen molar-refractivity contribution in [3.63, 3.8) is 0 Å². The van der Waals surface area contributed by atoms with E-state index in [1.54, 1.807) is 0 Å². The maximum atomic E-state index is 6.04. The number of nitrogens with zero attached hydrogens (tertiary/aromatic N) is 1. The van der Waals surface area contributed by atoms with Gasteiger partial charge in [-0.25, -0.2) is 4.98 Å². The molecule has 1 atom stereocenters. The van der Waals surface area contributed by atoms with Gasteiger partial charge in [-0.2, -0.15) is 0 Å². The highest BCUT2D eigenvalue weighted by molar-refractivity contribution is 9.10. The van der Waals surface area contributed by atoms with Crippen LogP contribution in [-0.4, -0.2) is 12.0 Å². The highest BCUT2D eigenvalue weighted by Gasteiger charge is 2.15. The number of rotatable bonds is 4. The van der Waals surface area contributed by atoms with E-state index in [1.165, 1.54) is 0 Å². The summed E-state index contributed by atoms with van der Waals surface area (Å²) in [7, 11) is 1.93. The first kappa shape index (κ1) is 14.6.